The number of carboxylic acids is 1. The van der Waals surface area contributed by atoms with Gasteiger partial charge < -0.3 is 14.9 Å². The maximum atomic E-state index is 11.3. The van der Waals surface area contributed by atoms with Crippen molar-refractivity contribution >= 4 is 22.3 Å². The van der Waals surface area contributed by atoms with Gasteiger partial charge in [0.25, 0.3) is 0 Å². The van der Waals surface area contributed by atoms with Gasteiger partial charge in [-0.05, 0) is 58.7 Å². The SMILES string of the molecule is CCN(C)C1CCC(N(CC)c2scc(C(=O)O)c2C)CC1. The Morgan fingerprint density at radius 2 is 1.82 bits per heavy atom. The highest BCUT2D eigenvalue weighted by atomic mass is 32.1. The molecule has 0 unspecified atom stereocenters. The van der Waals surface area contributed by atoms with Crippen LogP contribution in [0.15, 0.2) is 5.38 Å². The van der Waals surface area contributed by atoms with Crippen molar-refractivity contribution in [3.63, 3.8) is 0 Å². The van der Waals surface area contributed by atoms with Gasteiger partial charge >= 0.3 is 5.97 Å². The van der Waals surface area contributed by atoms with Crippen LogP contribution in [0, 0.1) is 6.92 Å². The third-order valence-electron chi connectivity index (χ3n) is 5.07. The molecule has 0 spiro atoms. The van der Waals surface area contributed by atoms with Gasteiger partial charge in [0.15, 0.2) is 0 Å². The van der Waals surface area contributed by atoms with E-state index in [0.29, 0.717) is 17.6 Å². The summed E-state index contributed by atoms with van der Waals surface area (Å²) >= 11 is 1.58. The van der Waals surface area contributed by atoms with Crippen LogP contribution in [0.2, 0.25) is 0 Å². The van der Waals surface area contributed by atoms with Gasteiger partial charge in [0.05, 0.1) is 10.6 Å². The molecular formula is C17H28N2O2S. The zero-order valence-electron chi connectivity index (χ0n) is 14.1. The van der Waals surface area contributed by atoms with E-state index < -0.39 is 5.97 Å². The van der Waals surface area contributed by atoms with Gasteiger partial charge in [-0.1, -0.05) is 6.92 Å². The first-order chi connectivity index (χ1) is 10.5. The summed E-state index contributed by atoms with van der Waals surface area (Å²) in [6.45, 7) is 8.38. The first kappa shape index (κ1) is 17.3. The minimum Gasteiger partial charge on any atom is -0.478 e. The highest BCUT2D eigenvalue weighted by Crippen LogP contribution is 2.36. The van der Waals surface area contributed by atoms with Gasteiger partial charge in [-0.3, -0.25) is 0 Å². The zero-order chi connectivity index (χ0) is 16.3. The van der Waals surface area contributed by atoms with Gasteiger partial charge in [-0.15, -0.1) is 11.3 Å². The van der Waals surface area contributed by atoms with Gasteiger partial charge in [-0.2, -0.15) is 0 Å². The Balaban J connectivity index is 2.09. The minimum atomic E-state index is -0.815. The van der Waals surface area contributed by atoms with Gasteiger partial charge in [0.2, 0.25) is 0 Å². The molecule has 0 aromatic carbocycles. The fourth-order valence-electron chi connectivity index (χ4n) is 3.54. The molecule has 2 rings (SSSR count). The monoisotopic (exact) mass is 324 g/mol. The molecule has 0 radical (unpaired) electrons. The third-order valence-corrected chi connectivity index (χ3v) is 6.19. The van der Waals surface area contributed by atoms with Crippen molar-refractivity contribution < 1.29 is 9.90 Å². The summed E-state index contributed by atoms with van der Waals surface area (Å²) in [4.78, 5) is 16.1. The van der Waals surface area contributed by atoms with E-state index in [0.717, 1.165) is 23.7 Å². The molecule has 0 aliphatic heterocycles. The smallest absolute Gasteiger partial charge is 0.336 e. The molecule has 1 saturated carbocycles. The molecule has 1 N–H and O–H groups in total. The Morgan fingerprint density at radius 1 is 1.23 bits per heavy atom. The lowest BCUT2D eigenvalue weighted by Crippen LogP contribution is -2.43. The summed E-state index contributed by atoms with van der Waals surface area (Å²) in [6, 6.07) is 1.25. The molecule has 1 aliphatic rings. The molecule has 0 bridgehead atoms. The standard InChI is InChI=1S/C17H28N2O2S/c1-5-18(4)13-7-9-14(10-8-13)19(6-2)16-12(3)15(11-22-16)17(20)21/h11,13-14H,5-10H2,1-4H3,(H,20,21). The van der Waals surface area contributed by atoms with Crippen LogP contribution in [-0.2, 0) is 0 Å². The third kappa shape index (κ3) is 3.46. The lowest BCUT2D eigenvalue weighted by molar-refractivity contribution is 0.0696. The van der Waals surface area contributed by atoms with E-state index in [1.807, 2.05) is 6.92 Å². The predicted octanol–water partition coefficient (Wildman–Crippen LogP) is 3.84. The molecule has 5 heteroatoms. The van der Waals surface area contributed by atoms with Crippen LogP contribution < -0.4 is 4.90 Å². The summed E-state index contributed by atoms with van der Waals surface area (Å²) in [5.41, 5.74) is 1.38. The van der Waals surface area contributed by atoms with E-state index in [2.05, 4.69) is 30.7 Å². The lowest BCUT2D eigenvalue weighted by atomic mass is 9.89. The highest BCUT2D eigenvalue weighted by Gasteiger charge is 2.29. The Hall–Kier alpha value is -1.07. The molecule has 22 heavy (non-hydrogen) atoms. The van der Waals surface area contributed by atoms with E-state index in [1.54, 1.807) is 16.7 Å². The van der Waals surface area contributed by atoms with E-state index in [1.165, 1.54) is 25.7 Å². The Bertz CT molecular complexity index is 507. The van der Waals surface area contributed by atoms with Gasteiger partial charge in [0, 0.05) is 24.0 Å². The van der Waals surface area contributed by atoms with Crippen molar-refractivity contribution in [3.8, 4) is 0 Å². The lowest BCUT2D eigenvalue weighted by Gasteiger charge is -2.40. The van der Waals surface area contributed by atoms with Crippen LogP contribution in [0.1, 0.15) is 55.5 Å². The van der Waals surface area contributed by atoms with Crippen LogP contribution in [0.4, 0.5) is 5.00 Å². The first-order valence-corrected chi connectivity index (χ1v) is 9.15. The number of rotatable bonds is 6. The Morgan fingerprint density at radius 3 is 2.27 bits per heavy atom. The van der Waals surface area contributed by atoms with Crippen molar-refractivity contribution in [2.45, 2.75) is 58.5 Å². The summed E-state index contributed by atoms with van der Waals surface area (Å²) in [6.07, 6.45) is 4.87. The molecule has 1 aromatic heterocycles. The van der Waals surface area contributed by atoms with Gasteiger partial charge in [-0.25, -0.2) is 4.79 Å². The van der Waals surface area contributed by atoms with Crippen molar-refractivity contribution in [3.05, 3.63) is 16.5 Å². The second-order valence-corrected chi connectivity index (χ2v) is 7.06. The van der Waals surface area contributed by atoms with Crippen LogP contribution >= 0.6 is 11.3 Å². The molecule has 0 saturated heterocycles. The van der Waals surface area contributed by atoms with Crippen LogP contribution in [0.5, 0.6) is 0 Å². The summed E-state index contributed by atoms with van der Waals surface area (Å²) in [5.74, 6) is -0.815. The van der Waals surface area contributed by atoms with E-state index in [4.69, 9.17) is 0 Å². The van der Waals surface area contributed by atoms with Crippen LogP contribution in [-0.4, -0.2) is 48.2 Å². The number of thiophene rings is 1. The first-order valence-electron chi connectivity index (χ1n) is 8.27. The van der Waals surface area contributed by atoms with Crippen molar-refractivity contribution in [2.24, 2.45) is 0 Å². The summed E-state index contributed by atoms with van der Waals surface area (Å²) in [5, 5.41) is 12.2. The minimum absolute atomic E-state index is 0.456. The maximum Gasteiger partial charge on any atom is 0.336 e. The molecule has 1 heterocycles. The number of nitrogens with zero attached hydrogens (tertiary/aromatic N) is 2. The van der Waals surface area contributed by atoms with Crippen molar-refractivity contribution in [1.29, 1.82) is 0 Å². The Kier molecular flexibility index (Phi) is 5.87. The molecule has 1 aromatic rings. The number of carboxylic acid groups (broad SMARTS) is 1. The summed E-state index contributed by atoms with van der Waals surface area (Å²) in [7, 11) is 2.21. The molecule has 0 amide bonds. The van der Waals surface area contributed by atoms with E-state index in [-0.39, 0.29) is 0 Å². The molecule has 124 valence electrons. The van der Waals surface area contributed by atoms with E-state index >= 15 is 0 Å². The maximum absolute atomic E-state index is 11.3. The normalized spacial score (nSPS) is 22.0. The predicted molar refractivity (Wildman–Crippen MR) is 93.4 cm³/mol. The van der Waals surface area contributed by atoms with Crippen LogP contribution in [0.25, 0.3) is 0 Å². The second kappa shape index (κ2) is 7.47. The highest BCUT2D eigenvalue weighted by molar-refractivity contribution is 7.14. The average Bonchev–Trinajstić information content (AvgIpc) is 2.90. The largest absolute Gasteiger partial charge is 0.478 e. The van der Waals surface area contributed by atoms with E-state index in [9.17, 15) is 9.90 Å². The average molecular weight is 324 g/mol. The topological polar surface area (TPSA) is 43.8 Å². The zero-order valence-corrected chi connectivity index (χ0v) is 14.9. The number of anilines is 1. The number of hydrogen-bond acceptors (Lipinski definition) is 4. The quantitative estimate of drug-likeness (QED) is 0.863. The summed E-state index contributed by atoms with van der Waals surface area (Å²) < 4.78 is 0. The van der Waals surface area contributed by atoms with Crippen LogP contribution in [0.3, 0.4) is 0 Å². The fraction of sp³-hybridized carbons (Fsp3) is 0.706. The molecule has 4 nitrogen and oxygen atoms in total. The Labute approximate surface area is 137 Å². The number of hydrogen-bond donors (Lipinski definition) is 1. The molecule has 1 aliphatic carbocycles. The van der Waals surface area contributed by atoms with Gasteiger partial charge in [0.1, 0.15) is 0 Å². The van der Waals surface area contributed by atoms with Crippen molar-refractivity contribution in [1.82, 2.24) is 4.90 Å². The molecular weight excluding hydrogens is 296 g/mol. The second-order valence-electron chi connectivity index (χ2n) is 6.21. The number of aromatic carboxylic acids is 1. The fourth-order valence-corrected chi connectivity index (χ4v) is 4.74. The molecule has 0 atom stereocenters. The van der Waals surface area contributed by atoms with Crippen molar-refractivity contribution in [2.75, 3.05) is 25.0 Å². The number of carbonyl (C=O) groups is 1. The molecule has 1 fully saturated rings.